The molecule has 1 heterocycles. The van der Waals surface area contributed by atoms with E-state index in [1.165, 1.54) is 37.7 Å². The van der Waals surface area contributed by atoms with Gasteiger partial charge in [-0.1, -0.05) is 6.07 Å². The van der Waals surface area contributed by atoms with Gasteiger partial charge in [0.25, 0.3) is 0 Å². The Morgan fingerprint density at radius 2 is 2.19 bits per heavy atom. The van der Waals surface area contributed by atoms with E-state index in [9.17, 15) is 13.2 Å². The van der Waals surface area contributed by atoms with Crippen molar-refractivity contribution >= 4 is 50.2 Å². The Balaban J connectivity index is 2.45. The van der Waals surface area contributed by atoms with Gasteiger partial charge in [-0.3, -0.25) is 15.2 Å². The van der Waals surface area contributed by atoms with Gasteiger partial charge in [-0.2, -0.15) is 4.72 Å². The molecular formula is C14H16ClN5O5S. The minimum atomic E-state index is -4.12. The van der Waals surface area contributed by atoms with Crippen molar-refractivity contribution in [3.8, 4) is 0 Å². The first-order valence-electron chi connectivity index (χ1n) is 7.09. The lowest BCUT2D eigenvalue weighted by molar-refractivity contribution is -0.140. The average Bonchev–Trinajstić information content (AvgIpc) is 2.59. The maximum Gasteiger partial charge on any atom is 0.324 e. The molecule has 140 valence electrons. The predicted molar refractivity (Wildman–Crippen MR) is 95.6 cm³/mol. The molecule has 0 aliphatic heterocycles. The van der Waals surface area contributed by atoms with Crippen LogP contribution in [-0.2, 0) is 19.6 Å². The lowest BCUT2D eigenvalue weighted by Crippen LogP contribution is -2.43. The number of ether oxygens (including phenoxy) is 1. The molecule has 0 saturated carbocycles. The van der Waals surface area contributed by atoms with E-state index >= 15 is 0 Å². The van der Waals surface area contributed by atoms with E-state index in [1.54, 1.807) is 0 Å². The second-order valence-corrected chi connectivity index (χ2v) is 7.23. The number of nitrogens with zero attached hydrogens (tertiary/aromatic N) is 2. The van der Waals surface area contributed by atoms with Crippen LogP contribution in [0.4, 0.5) is 5.69 Å². The minimum Gasteiger partial charge on any atom is -0.480 e. The van der Waals surface area contributed by atoms with Crippen LogP contribution in [0.5, 0.6) is 0 Å². The molecule has 12 heteroatoms. The molecule has 0 unspecified atom stereocenters. The highest BCUT2D eigenvalue weighted by atomic mass is 35.5. The highest BCUT2D eigenvalue weighted by Gasteiger charge is 2.25. The Bertz CT molecular complexity index is 952. The summed E-state index contributed by atoms with van der Waals surface area (Å²) in [4.78, 5) is 14.9. The number of benzene rings is 1. The first-order chi connectivity index (χ1) is 12.2. The summed E-state index contributed by atoms with van der Waals surface area (Å²) in [6, 6.07) is 2.63. The molecule has 5 N–H and O–H groups in total. The molecule has 0 saturated heterocycles. The molecule has 1 aromatic heterocycles. The number of carboxylic acid groups (broad SMARTS) is 1. The van der Waals surface area contributed by atoms with E-state index in [2.05, 4.69) is 9.71 Å². The zero-order valence-electron chi connectivity index (χ0n) is 13.5. The van der Waals surface area contributed by atoms with E-state index in [4.69, 9.17) is 32.8 Å². The standard InChI is InChI=1S/C14H16ClN5O5S/c1-25-7-11(13(21)22)19-26(23,24)9-2-3-10-8(4-9)5-18-6-12(10)20(15)14(16)17/h2-6,11,19H,7H2,1H3,(H3,16,17)(H,21,22)/t11-/m1/s1. The summed E-state index contributed by atoms with van der Waals surface area (Å²) in [5, 5.41) is 17.4. The van der Waals surface area contributed by atoms with E-state index < -0.39 is 28.0 Å². The molecule has 0 spiro atoms. The fraction of sp³-hybridized carbons (Fsp3) is 0.214. The van der Waals surface area contributed by atoms with Gasteiger partial charge >= 0.3 is 5.97 Å². The number of rotatable bonds is 7. The van der Waals surface area contributed by atoms with Crippen LogP contribution >= 0.6 is 11.8 Å². The number of aromatic nitrogens is 1. The highest BCUT2D eigenvalue weighted by Crippen LogP contribution is 2.28. The van der Waals surface area contributed by atoms with E-state index in [-0.39, 0.29) is 11.5 Å². The average molecular weight is 402 g/mol. The lowest BCUT2D eigenvalue weighted by Gasteiger charge is -2.16. The molecule has 10 nitrogen and oxygen atoms in total. The summed E-state index contributed by atoms with van der Waals surface area (Å²) >= 11 is 5.92. The van der Waals surface area contributed by atoms with Crippen molar-refractivity contribution in [3.05, 3.63) is 30.6 Å². The SMILES string of the molecule is COC[C@@H](NS(=O)(=O)c1ccc2c(N(Cl)C(=N)N)cncc2c1)C(=O)O. The molecular weight excluding hydrogens is 386 g/mol. The number of carbonyl (C=O) groups is 1. The van der Waals surface area contributed by atoms with Gasteiger partial charge in [0.05, 0.1) is 23.4 Å². The number of anilines is 1. The number of hydrogen-bond donors (Lipinski definition) is 4. The van der Waals surface area contributed by atoms with Gasteiger partial charge < -0.3 is 15.6 Å². The Kier molecular flexibility index (Phi) is 5.97. The van der Waals surface area contributed by atoms with Crippen LogP contribution in [-0.4, -0.2) is 50.2 Å². The maximum atomic E-state index is 12.5. The first-order valence-corrected chi connectivity index (χ1v) is 8.91. The molecule has 1 aromatic carbocycles. The van der Waals surface area contributed by atoms with Crippen LogP contribution in [0.2, 0.25) is 0 Å². The van der Waals surface area contributed by atoms with Crippen LogP contribution in [0.15, 0.2) is 35.5 Å². The van der Waals surface area contributed by atoms with Crippen molar-refractivity contribution in [1.82, 2.24) is 9.71 Å². The van der Waals surface area contributed by atoms with Gasteiger partial charge in [0, 0.05) is 35.9 Å². The number of sulfonamides is 1. The van der Waals surface area contributed by atoms with Gasteiger partial charge in [-0.15, -0.1) is 0 Å². The van der Waals surface area contributed by atoms with Gasteiger partial charge in [0.15, 0.2) is 0 Å². The number of nitrogens with one attached hydrogen (secondary N) is 2. The van der Waals surface area contributed by atoms with Crippen LogP contribution in [0.1, 0.15) is 0 Å². The topological polar surface area (TPSA) is 159 Å². The third kappa shape index (κ3) is 4.19. The third-order valence-corrected chi connectivity index (χ3v) is 5.21. The molecule has 0 aliphatic carbocycles. The minimum absolute atomic E-state index is 0.157. The largest absolute Gasteiger partial charge is 0.480 e. The number of nitrogens with two attached hydrogens (primary N) is 1. The second kappa shape index (κ2) is 7.83. The second-order valence-electron chi connectivity index (χ2n) is 5.18. The van der Waals surface area contributed by atoms with Crippen molar-refractivity contribution in [1.29, 1.82) is 5.41 Å². The summed E-state index contributed by atoms with van der Waals surface area (Å²) in [5.41, 5.74) is 5.65. The summed E-state index contributed by atoms with van der Waals surface area (Å²) in [5.74, 6) is -1.79. The predicted octanol–water partition coefficient (Wildman–Crippen LogP) is 0.466. The Labute approximate surface area is 154 Å². The summed E-state index contributed by atoms with van der Waals surface area (Å²) < 4.78 is 32.6. The summed E-state index contributed by atoms with van der Waals surface area (Å²) in [6.07, 6.45) is 2.79. The van der Waals surface area contributed by atoms with Gasteiger partial charge in [0.1, 0.15) is 6.04 Å². The monoisotopic (exact) mass is 401 g/mol. The first kappa shape index (κ1) is 19.8. The molecule has 1 atom stereocenters. The van der Waals surface area contributed by atoms with E-state index in [1.807, 2.05) is 0 Å². The molecule has 2 rings (SSSR count). The molecule has 0 bridgehead atoms. The van der Waals surface area contributed by atoms with Crippen LogP contribution in [0.25, 0.3) is 10.8 Å². The normalized spacial score (nSPS) is 12.7. The number of fused-ring (bicyclic) bond motifs is 1. The number of carboxylic acids is 1. The van der Waals surface area contributed by atoms with Crippen molar-refractivity contribution in [2.75, 3.05) is 18.1 Å². The Morgan fingerprint density at radius 3 is 2.77 bits per heavy atom. The number of guanidine groups is 1. The summed E-state index contributed by atoms with van der Waals surface area (Å²) in [6.45, 7) is -0.326. The van der Waals surface area contributed by atoms with Crippen molar-refractivity contribution < 1.29 is 23.1 Å². The quantitative estimate of drug-likeness (QED) is 0.296. The zero-order chi connectivity index (χ0) is 19.5. The molecule has 26 heavy (non-hydrogen) atoms. The molecule has 2 aromatic rings. The van der Waals surface area contributed by atoms with Gasteiger partial charge in [0.2, 0.25) is 16.0 Å². The zero-order valence-corrected chi connectivity index (χ0v) is 15.1. The van der Waals surface area contributed by atoms with Crippen LogP contribution in [0, 0.1) is 5.41 Å². The smallest absolute Gasteiger partial charge is 0.324 e. The number of halogens is 1. The molecule has 0 aliphatic rings. The van der Waals surface area contributed by atoms with Gasteiger partial charge in [-0.05, 0) is 12.1 Å². The fourth-order valence-electron chi connectivity index (χ4n) is 2.17. The van der Waals surface area contributed by atoms with E-state index in [0.29, 0.717) is 16.5 Å². The van der Waals surface area contributed by atoms with Gasteiger partial charge in [-0.25, -0.2) is 12.8 Å². The van der Waals surface area contributed by atoms with Crippen molar-refractivity contribution in [2.24, 2.45) is 5.73 Å². The lowest BCUT2D eigenvalue weighted by atomic mass is 10.1. The Morgan fingerprint density at radius 1 is 1.50 bits per heavy atom. The molecule has 0 radical (unpaired) electrons. The van der Waals surface area contributed by atoms with Crippen LogP contribution in [0.3, 0.4) is 0 Å². The number of aliphatic carboxylic acids is 1. The number of pyridine rings is 1. The molecule has 0 amide bonds. The maximum absolute atomic E-state index is 12.5. The number of hydrogen-bond acceptors (Lipinski definition) is 6. The van der Waals surface area contributed by atoms with Crippen LogP contribution < -0.4 is 14.9 Å². The fourth-order valence-corrected chi connectivity index (χ4v) is 3.51. The third-order valence-electron chi connectivity index (χ3n) is 3.37. The Hall–Kier alpha value is -2.47. The summed E-state index contributed by atoms with van der Waals surface area (Å²) in [7, 11) is -2.86. The van der Waals surface area contributed by atoms with Crippen molar-refractivity contribution in [2.45, 2.75) is 10.9 Å². The number of methoxy groups -OCH3 is 1. The van der Waals surface area contributed by atoms with Crippen molar-refractivity contribution in [3.63, 3.8) is 0 Å². The van der Waals surface area contributed by atoms with E-state index in [0.717, 1.165) is 4.42 Å². The highest BCUT2D eigenvalue weighted by molar-refractivity contribution is 7.89. The molecule has 0 fully saturated rings.